The van der Waals surface area contributed by atoms with Crippen molar-refractivity contribution < 1.29 is 27.5 Å². The highest BCUT2D eigenvalue weighted by molar-refractivity contribution is 5.83. The van der Waals surface area contributed by atoms with E-state index >= 15 is 4.39 Å². The lowest BCUT2D eigenvalue weighted by Crippen LogP contribution is -2.59. The highest BCUT2D eigenvalue weighted by Crippen LogP contribution is 2.43. The normalized spacial score (nSPS) is 19.2. The Hall–Kier alpha value is -3.55. The zero-order valence-corrected chi connectivity index (χ0v) is 18.3. The lowest BCUT2D eigenvalue weighted by atomic mass is 9.77. The number of aryl methyl sites for hydroxylation is 1. The maximum atomic E-state index is 15.3. The minimum absolute atomic E-state index is 0.236. The van der Waals surface area contributed by atoms with Crippen molar-refractivity contribution in [3.8, 4) is 17.0 Å². The van der Waals surface area contributed by atoms with Crippen LogP contribution in [0.1, 0.15) is 38.1 Å². The van der Waals surface area contributed by atoms with Gasteiger partial charge in [0.05, 0.1) is 18.7 Å². The van der Waals surface area contributed by atoms with Gasteiger partial charge in [0, 0.05) is 38.0 Å². The number of fused-ring (bicyclic) bond motifs is 4. The van der Waals surface area contributed by atoms with Crippen LogP contribution in [0.3, 0.4) is 0 Å². The molecule has 32 heavy (non-hydrogen) atoms. The molecule has 3 aromatic heterocycles. The monoisotopic (exact) mass is 439 g/mol. The Morgan fingerprint density at radius 1 is 1.28 bits per heavy atom. The first-order valence-corrected chi connectivity index (χ1v) is 10.5. The van der Waals surface area contributed by atoms with Crippen LogP contribution in [0, 0.1) is 18.6 Å². The third-order valence-electron chi connectivity index (χ3n) is 6.36. The quantitative estimate of drug-likeness (QED) is 0.461. The predicted octanol–water partition coefficient (Wildman–Crippen LogP) is 2.70. The Labute approximate surface area is 182 Å². The minimum atomic E-state index is -0.752. The van der Waals surface area contributed by atoms with Crippen LogP contribution < -0.4 is 25.5 Å². The third kappa shape index (κ3) is 2.65. The van der Waals surface area contributed by atoms with Gasteiger partial charge in [-0.2, -0.15) is 8.97 Å². The molecule has 0 aliphatic carbocycles. The molecule has 0 radical (unpaired) electrons. The molecule has 4 heterocycles. The van der Waals surface area contributed by atoms with Crippen molar-refractivity contribution in [3.05, 3.63) is 75.6 Å². The van der Waals surface area contributed by atoms with Crippen LogP contribution in [0.5, 0.6) is 5.75 Å². The number of hydrogen-bond acceptors (Lipinski definition) is 3. The van der Waals surface area contributed by atoms with Crippen LogP contribution in [0.25, 0.3) is 22.3 Å². The fourth-order valence-corrected chi connectivity index (χ4v) is 4.99. The van der Waals surface area contributed by atoms with E-state index in [1.54, 1.807) is 29.8 Å². The molecule has 164 valence electrons. The Kier molecular flexibility index (Phi) is 4.44. The Bertz CT molecular complexity index is 1510. The van der Waals surface area contributed by atoms with E-state index in [0.717, 1.165) is 12.5 Å². The topological polar surface area (TPSA) is 61.9 Å². The summed E-state index contributed by atoms with van der Waals surface area (Å²) in [5.74, 6) is -0.156. The Morgan fingerprint density at radius 3 is 2.78 bits per heavy atom. The number of pyridine rings is 1. The van der Waals surface area contributed by atoms with Gasteiger partial charge in [0.25, 0.3) is 11.3 Å². The first-order chi connectivity index (χ1) is 15.3. The van der Waals surface area contributed by atoms with Crippen LogP contribution in [0.4, 0.5) is 8.78 Å². The smallest absolute Gasteiger partial charge is 0.391 e. The SMILES string of the molecule is CCCC1(C)C(=c2oc(=O)c3c[nH+]c(C)n23)c2cc(F)cc(F)c2-c2cc(OC)cc[n+]21. The summed E-state index contributed by atoms with van der Waals surface area (Å²) < 4.78 is 44.6. The molecular weight excluding hydrogens is 416 g/mol. The summed E-state index contributed by atoms with van der Waals surface area (Å²) in [6.45, 7) is 5.85. The van der Waals surface area contributed by atoms with Crippen LogP contribution >= 0.6 is 0 Å². The van der Waals surface area contributed by atoms with Crippen molar-refractivity contribution in [1.29, 1.82) is 0 Å². The highest BCUT2D eigenvalue weighted by atomic mass is 19.1. The second kappa shape index (κ2) is 6.98. The molecule has 0 saturated carbocycles. The number of benzene rings is 1. The molecule has 1 atom stereocenters. The molecule has 1 aromatic carbocycles. The first kappa shape index (κ1) is 20.4. The summed E-state index contributed by atoms with van der Waals surface area (Å²) >= 11 is 0. The zero-order valence-electron chi connectivity index (χ0n) is 18.3. The number of methoxy groups -OCH3 is 1. The number of halogens is 2. The van der Waals surface area contributed by atoms with Crippen LogP contribution in [-0.2, 0) is 5.54 Å². The molecule has 1 aliphatic heterocycles. The van der Waals surface area contributed by atoms with Crippen LogP contribution in [0.15, 0.2) is 45.9 Å². The number of hydrogen-bond donors (Lipinski definition) is 0. The molecule has 5 rings (SSSR count). The molecule has 0 bridgehead atoms. The number of nitrogens with zero attached hydrogens (tertiary/aromatic N) is 2. The molecule has 0 amide bonds. The molecule has 0 spiro atoms. The molecule has 0 fully saturated rings. The number of rotatable bonds is 3. The average molecular weight is 439 g/mol. The zero-order chi connectivity index (χ0) is 22.8. The molecule has 8 heteroatoms. The molecule has 4 aromatic rings. The molecule has 0 saturated heterocycles. The molecular formula is C24H23F2N3O3+2. The molecule has 1 aliphatic rings. The maximum Gasteiger partial charge on any atom is 0.391 e. The largest absolute Gasteiger partial charge is 0.496 e. The number of ether oxygens (including phenoxy) is 1. The standard InChI is InChI=1S/C24H22F2N3O3/c1-5-7-24(3)21(22-29-13(2)27-12-19(29)23(30)32-22)16-9-14(25)10-17(26)20(16)18-11-15(31-4)6-8-28(18)24/h6,8-12H,5,7H2,1-4H3/q+1/p+1. The maximum absolute atomic E-state index is 15.3. The summed E-state index contributed by atoms with van der Waals surface area (Å²) in [5.41, 5.74) is 1.05. The lowest BCUT2D eigenvalue weighted by Gasteiger charge is -2.32. The summed E-state index contributed by atoms with van der Waals surface area (Å²) in [6.07, 6.45) is 4.84. The lowest BCUT2D eigenvalue weighted by molar-refractivity contribution is -0.738. The van der Waals surface area contributed by atoms with Gasteiger partial charge in [-0.1, -0.05) is 6.92 Å². The fraction of sp³-hybridized carbons (Fsp3) is 0.292. The van der Waals surface area contributed by atoms with E-state index in [0.29, 0.717) is 40.3 Å². The number of aromatic amines is 1. The van der Waals surface area contributed by atoms with Crippen molar-refractivity contribution in [2.75, 3.05) is 7.11 Å². The second-order valence-electron chi connectivity index (χ2n) is 8.32. The van der Waals surface area contributed by atoms with Crippen molar-refractivity contribution in [3.63, 3.8) is 0 Å². The Morgan fingerprint density at radius 2 is 2.06 bits per heavy atom. The number of oxazole rings is 1. The van der Waals surface area contributed by atoms with Gasteiger partial charge in [0.1, 0.15) is 29.2 Å². The van der Waals surface area contributed by atoms with Crippen molar-refractivity contribution in [1.82, 2.24) is 4.40 Å². The van der Waals surface area contributed by atoms with E-state index in [1.165, 1.54) is 6.07 Å². The summed E-state index contributed by atoms with van der Waals surface area (Å²) in [4.78, 5) is 15.6. The van der Waals surface area contributed by atoms with Crippen LogP contribution in [0.2, 0.25) is 0 Å². The van der Waals surface area contributed by atoms with Gasteiger partial charge in [-0.05, 0) is 12.5 Å². The van der Waals surface area contributed by atoms with Crippen molar-refractivity contribution >= 4 is 11.1 Å². The van der Waals surface area contributed by atoms with E-state index in [2.05, 4.69) is 4.98 Å². The number of aromatic nitrogens is 3. The molecule has 1 N–H and O–H groups in total. The summed E-state index contributed by atoms with van der Waals surface area (Å²) in [5, 5.41) is 0. The number of imidazole rings is 1. The second-order valence-corrected chi connectivity index (χ2v) is 8.32. The van der Waals surface area contributed by atoms with Gasteiger partial charge in [0.15, 0.2) is 11.7 Å². The van der Waals surface area contributed by atoms with Crippen LogP contribution in [-0.4, -0.2) is 11.5 Å². The van der Waals surface area contributed by atoms with Crippen molar-refractivity contribution in [2.24, 2.45) is 0 Å². The number of H-pyrrole nitrogens is 1. The molecule has 1 unspecified atom stereocenters. The van der Waals surface area contributed by atoms with Gasteiger partial charge in [0.2, 0.25) is 5.69 Å². The average Bonchev–Trinajstić information content (AvgIpc) is 3.28. The highest BCUT2D eigenvalue weighted by Gasteiger charge is 2.50. The predicted molar refractivity (Wildman–Crippen MR) is 112 cm³/mol. The van der Waals surface area contributed by atoms with Gasteiger partial charge >= 0.3 is 11.2 Å². The first-order valence-electron chi connectivity index (χ1n) is 10.5. The fourth-order valence-electron chi connectivity index (χ4n) is 4.99. The van der Waals surface area contributed by atoms with Gasteiger partial charge in [-0.15, -0.1) is 0 Å². The van der Waals surface area contributed by atoms with E-state index in [9.17, 15) is 9.18 Å². The summed E-state index contributed by atoms with van der Waals surface area (Å²) in [7, 11) is 1.54. The Balaban J connectivity index is 2.06. The third-order valence-corrected chi connectivity index (χ3v) is 6.36. The molecule has 6 nitrogen and oxygen atoms in total. The summed E-state index contributed by atoms with van der Waals surface area (Å²) in [6, 6.07) is 5.73. The van der Waals surface area contributed by atoms with E-state index in [1.807, 2.05) is 31.5 Å². The number of nitrogens with one attached hydrogen (secondary N) is 1. The van der Waals surface area contributed by atoms with E-state index < -0.39 is 22.8 Å². The minimum Gasteiger partial charge on any atom is -0.496 e. The van der Waals surface area contributed by atoms with Crippen molar-refractivity contribution in [2.45, 2.75) is 39.2 Å². The van der Waals surface area contributed by atoms with Gasteiger partial charge in [-0.3, -0.25) is 0 Å². The van der Waals surface area contributed by atoms with Gasteiger partial charge in [-0.25, -0.2) is 18.6 Å². The van der Waals surface area contributed by atoms with E-state index in [-0.39, 0.29) is 11.1 Å². The van der Waals surface area contributed by atoms with Gasteiger partial charge < -0.3 is 9.15 Å². The van der Waals surface area contributed by atoms with E-state index in [4.69, 9.17) is 9.15 Å².